The van der Waals surface area contributed by atoms with E-state index in [0.717, 1.165) is 11.3 Å². The fraction of sp³-hybridized carbons (Fsp3) is 0.467. The second kappa shape index (κ2) is 6.47. The molecule has 2 atom stereocenters. The van der Waals surface area contributed by atoms with Crippen LogP contribution >= 0.6 is 0 Å². The average molecular weight is 292 g/mol. The number of urea groups is 1. The monoisotopic (exact) mass is 292 g/mol. The molecule has 0 saturated carbocycles. The Bertz CT molecular complexity index is 532. The largest absolute Gasteiger partial charge is 0.497 e. The molecular weight excluding hydrogens is 272 g/mol. The quantitative estimate of drug-likeness (QED) is 0.885. The highest BCUT2D eigenvalue weighted by Gasteiger charge is 2.37. The maximum Gasteiger partial charge on any atom is 0.317 e. The maximum atomic E-state index is 12.1. The number of amides is 2. The summed E-state index contributed by atoms with van der Waals surface area (Å²) < 4.78 is 5.13. The highest BCUT2D eigenvalue weighted by Crippen LogP contribution is 2.24. The first-order chi connectivity index (χ1) is 10.0. The van der Waals surface area contributed by atoms with Crippen LogP contribution in [0.1, 0.15) is 18.9 Å². The van der Waals surface area contributed by atoms with Crippen molar-refractivity contribution >= 4 is 12.0 Å². The Morgan fingerprint density at radius 2 is 2.24 bits per heavy atom. The summed E-state index contributed by atoms with van der Waals surface area (Å²) in [6.07, 6.45) is 0.503. The van der Waals surface area contributed by atoms with Crippen molar-refractivity contribution in [3.8, 4) is 5.75 Å². The van der Waals surface area contributed by atoms with Crippen molar-refractivity contribution in [3.63, 3.8) is 0 Å². The van der Waals surface area contributed by atoms with Crippen molar-refractivity contribution in [2.24, 2.45) is 5.92 Å². The molecule has 2 unspecified atom stereocenters. The fourth-order valence-electron chi connectivity index (χ4n) is 2.62. The Morgan fingerprint density at radius 3 is 2.86 bits per heavy atom. The number of hydrogen-bond donors (Lipinski definition) is 2. The van der Waals surface area contributed by atoms with E-state index < -0.39 is 11.9 Å². The van der Waals surface area contributed by atoms with Crippen molar-refractivity contribution in [1.29, 1.82) is 0 Å². The lowest BCUT2D eigenvalue weighted by molar-refractivity contribution is -0.142. The minimum Gasteiger partial charge on any atom is -0.497 e. The van der Waals surface area contributed by atoms with Gasteiger partial charge in [0.05, 0.1) is 13.0 Å². The number of carboxylic acids is 1. The molecule has 0 aliphatic carbocycles. The van der Waals surface area contributed by atoms with Gasteiger partial charge in [-0.25, -0.2) is 4.79 Å². The average Bonchev–Trinajstić information content (AvgIpc) is 2.87. The fourth-order valence-corrected chi connectivity index (χ4v) is 2.62. The van der Waals surface area contributed by atoms with Gasteiger partial charge >= 0.3 is 12.0 Å². The number of carbonyl (C=O) groups excluding carboxylic acids is 1. The van der Waals surface area contributed by atoms with E-state index in [0.29, 0.717) is 19.5 Å². The summed E-state index contributed by atoms with van der Waals surface area (Å²) in [5.74, 6) is -0.583. The summed E-state index contributed by atoms with van der Waals surface area (Å²) >= 11 is 0. The van der Waals surface area contributed by atoms with Crippen LogP contribution in [0.2, 0.25) is 0 Å². The smallest absolute Gasteiger partial charge is 0.317 e. The lowest BCUT2D eigenvalue weighted by Crippen LogP contribution is -2.43. The highest BCUT2D eigenvalue weighted by molar-refractivity contribution is 5.78. The number of aliphatic carboxylic acids is 1. The van der Waals surface area contributed by atoms with Crippen LogP contribution in [0.4, 0.5) is 4.79 Å². The number of hydrogen-bond acceptors (Lipinski definition) is 3. The van der Waals surface area contributed by atoms with Crippen LogP contribution in [0.15, 0.2) is 24.3 Å². The van der Waals surface area contributed by atoms with Gasteiger partial charge in [0.1, 0.15) is 5.75 Å². The van der Waals surface area contributed by atoms with Crippen molar-refractivity contribution in [1.82, 2.24) is 10.2 Å². The van der Waals surface area contributed by atoms with Crippen molar-refractivity contribution in [3.05, 3.63) is 29.8 Å². The van der Waals surface area contributed by atoms with E-state index >= 15 is 0 Å². The van der Waals surface area contributed by atoms with Gasteiger partial charge in [0.2, 0.25) is 0 Å². The Labute approximate surface area is 123 Å². The third-order valence-electron chi connectivity index (χ3n) is 3.91. The molecule has 1 aromatic rings. The minimum atomic E-state index is -0.842. The van der Waals surface area contributed by atoms with Gasteiger partial charge in [0.25, 0.3) is 0 Å². The molecule has 0 radical (unpaired) electrons. The number of nitrogens with one attached hydrogen (secondary N) is 1. The molecule has 1 aromatic carbocycles. The third-order valence-corrected chi connectivity index (χ3v) is 3.91. The molecule has 1 fully saturated rings. The predicted octanol–water partition coefficient (Wildman–Crippen LogP) is 1.70. The number of carboxylic acid groups (broad SMARTS) is 1. The topological polar surface area (TPSA) is 78.9 Å². The highest BCUT2D eigenvalue weighted by atomic mass is 16.5. The minimum absolute atomic E-state index is 0.228. The van der Waals surface area contributed by atoms with Gasteiger partial charge in [0.15, 0.2) is 0 Å². The van der Waals surface area contributed by atoms with Crippen LogP contribution in [-0.2, 0) is 11.3 Å². The molecule has 0 aromatic heterocycles. The van der Waals surface area contributed by atoms with Gasteiger partial charge in [-0.1, -0.05) is 12.1 Å². The summed E-state index contributed by atoms with van der Waals surface area (Å²) in [7, 11) is 1.59. The predicted molar refractivity (Wildman–Crippen MR) is 77.1 cm³/mol. The van der Waals surface area contributed by atoms with Crippen molar-refractivity contribution < 1.29 is 19.4 Å². The number of likely N-dealkylation sites (tertiary alicyclic amines) is 1. The van der Waals surface area contributed by atoms with E-state index in [1.807, 2.05) is 24.3 Å². The normalized spacial score (nSPS) is 21.1. The maximum absolute atomic E-state index is 12.1. The molecule has 2 N–H and O–H groups in total. The molecular formula is C15H20N2O4. The number of nitrogens with zero attached hydrogens (tertiary/aromatic N) is 1. The number of benzene rings is 1. The zero-order valence-electron chi connectivity index (χ0n) is 12.2. The Morgan fingerprint density at radius 1 is 1.48 bits per heavy atom. The van der Waals surface area contributed by atoms with E-state index in [4.69, 9.17) is 9.84 Å². The zero-order valence-corrected chi connectivity index (χ0v) is 12.2. The lowest BCUT2D eigenvalue weighted by Gasteiger charge is -2.23. The van der Waals surface area contributed by atoms with Crippen LogP contribution in [0.25, 0.3) is 0 Å². The second-order valence-corrected chi connectivity index (χ2v) is 5.18. The summed E-state index contributed by atoms with van der Waals surface area (Å²) in [5.41, 5.74) is 0.935. The molecule has 0 spiro atoms. The number of ether oxygens (including phenoxy) is 1. The Balaban J connectivity index is 1.91. The number of methoxy groups -OCH3 is 1. The van der Waals surface area contributed by atoms with Crippen LogP contribution in [0.5, 0.6) is 5.75 Å². The number of rotatable bonds is 4. The third kappa shape index (κ3) is 3.45. The van der Waals surface area contributed by atoms with E-state index in [-0.39, 0.29) is 12.1 Å². The molecule has 0 bridgehead atoms. The van der Waals surface area contributed by atoms with E-state index in [1.165, 1.54) is 0 Å². The summed E-state index contributed by atoms with van der Waals surface area (Å²) in [5, 5.41) is 11.9. The molecule has 21 heavy (non-hydrogen) atoms. The van der Waals surface area contributed by atoms with Crippen LogP contribution in [-0.4, -0.2) is 41.7 Å². The Kier molecular flexibility index (Phi) is 4.67. The van der Waals surface area contributed by atoms with E-state index in [1.54, 1.807) is 18.9 Å². The molecule has 114 valence electrons. The van der Waals surface area contributed by atoms with Crippen molar-refractivity contribution in [2.75, 3.05) is 13.7 Å². The summed E-state index contributed by atoms with van der Waals surface area (Å²) in [4.78, 5) is 24.8. The summed E-state index contributed by atoms with van der Waals surface area (Å²) in [6, 6.07) is 6.94. The zero-order chi connectivity index (χ0) is 15.4. The lowest BCUT2D eigenvalue weighted by atomic mass is 10.0. The van der Waals surface area contributed by atoms with Crippen molar-refractivity contribution in [2.45, 2.75) is 25.9 Å². The van der Waals surface area contributed by atoms with Gasteiger partial charge in [-0.05, 0) is 31.0 Å². The molecule has 6 heteroatoms. The van der Waals surface area contributed by atoms with E-state index in [9.17, 15) is 9.59 Å². The van der Waals surface area contributed by atoms with Gasteiger partial charge in [0, 0.05) is 19.1 Å². The van der Waals surface area contributed by atoms with E-state index in [2.05, 4.69) is 5.32 Å². The van der Waals surface area contributed by atoms with Gasteiger partial charge in [-0.2, -0.15) is 0 Å². The van der Waals surface area contributed by atoms with Crippen LogP contribution < -0.4 is 10.1 Å². The van der Waals surface area contributed by atoms with Crippen LogP contribution in [0, 0.1) is 5.92 Å². The standard InChI is InChI=1S/C15H20N2O4/c1-10-13(14(18)19)6-7-17(10)15(20)16-9-11-4-3-5-12(8-11)21-2/h3-5,8,10,13H,6-7,9H2,1-2H3,(H,16,20)(H,18,19). The second-order valence-electron chi connectivity index (χ2n) is 5.18. The molecule has 1 aliphatic heterocycles. The Hall–Kier alpha value is -2.24. The first-order valence-electron chi connectivity index (χ1n) is 6.93. The first-order valence-corrected chi connectivity index (χ1v) is 6.93. The molecule has 1 heterocycles. The van der Waals surface area contributed by atoms with Crippen LogP contribution in [0.3, 0.4) is 0 Å². The molecule has 2 rings (SSSR count). The molecule has 6 nitrogen and oxygen atoms in total. The van der Waals surface area contributed by atoms with Gasteiger partial charge in [-0.3, -0.25) is 4.79 Å². The SMILES string of the molecule is COc1cccc(CNC(=O)N2CCC(C(=O)O)C2C)c1. The van der Waals surface area contributed by atoms with Gasteiger partial charge in [-0.15, -0.1) is 0 Å². The number of carbonyl (C=O) groups is 2. The summed E-state index contributed by atoms with van der Waals surface area (Å²) in [6.45, 7) is 2.63. The first kappa shape index (κ1) is 15.2. The molecule has 2 amide bonds. The molecule has 1 aliphatic rings. The molecule has 1 saturated heterocycles. The van der Waals surface area contributed by atoms with Gasteiger partial charge < -0.3 is 20.1 Å².